The van der Waals surface area contributed by atoms with Crippen molar-refractivity contribution < 1.29 is 4.79 Å². The van der Waals surface area contributed by atoms with Crippen LogP contribution in [-0.2, 0) is 0 Å². The van der Waals surface area contributed by atoms with Crippen molar-refractivity contribution in [3.05, 3.63) is 29.6 Å². The van der Waals surface area contributed by atoms with Gasteiger partial charge in [0, 0.05) is 18.5 Å². The summed E-state index contributed by atoms with van der Waals surface area (Å²) in [6.45, 7) is 1.80. The van der Waals surface area contributed by atoms with E-state index in [1.54, 1.807) is 13.1 Å². The van der Waals surface area contributed by atoms with Gasteiger partial charge in [-0.3, -0.25) is 9.78 Å². The number of aryl methyl sites for hydroxylation is 1. The number of pyridine rings is 1. The number of nitrogens with two attached hydrogens (primary N) is 1. The minimum atomic E-state index is -0.490. The molecule has 0 aliphatic rings. The molecule has 1 radical (unpaired) electrons. The minimum Gasteiger partial charge on any atom is -0.366 e. The molecular weight excluding hydrogens is 128 g/mol. The lowest BCUT2D eigenvalue weighted by atomic mass is 10.2. The first kappa shape index (κ1) is 6.74. The van der Waals surface area contributed by atoms with E-state index < -0.39 is 5.91 Å². The number of rotatable bonds is 1. The average Bonchev–Trinajstić information content (AvgIpc) is 1.88. The van der Waals surface area contributed by atoms with Gasteiger partial charge in [0.05, 0.1) is 5.56 Å². The number of aromatic nitrogens is 1. The zero-order valence-electron chi connectivity index (χ0n) is 5.59. The summed E-state index contributed by atoms with van der Waals surface area (Å²) in [4.78, 5) is 14.3. The predicted molar refractivity (Wildman–Crippen MR) is 36.3 cm³/mol. The summed E-state index contributed by atoms with van der Waals surface area (Å²) in [6, 6.07) is 2.77. The first-order chi connectivity index (χ1) is 4.70. The number of hydrogen-bond donors (Lipinski definition) is 1. The topological polar surface area (TPSA) is 56.0 Å². The molecule has 0 fully saturated rings. The van der Waals surface area contributed by atoms with E-state index in [9.17, 15) is 4.79 Å². The summed E-state index contributed by atoms with van der Waals surface area (Å²) >= 11 is 0. The van der Waals surface area contributed by atoms with Gasteiger partial charge >= 0.3 is 0 Å². The lowest BCUT2D eigenvalue weighted by Gasteiger charge is -1.92. The molecule has 1 amide bonds. The third kappa shape index (κ3) is 1.31. The number of primary amides is 1. The molecule has 1 heterocycles. The van der Waals surface area contributed by atoms with Gasteiger partial charge in [-0.2, -0.15) is 0 Å². The van der Waals surface area contributed by atoms with Crippen LogP contribution in [0.3, 0.4) is 0 Å². The second-order valence-electron chi connectivity index (χ2n) is 1.99. The molecule has 0 spiro atoms. The van der Waals surface area contributed by atoms with Crippen LogP contribution < -0.4 is 5.73 Å². The number of nitrogens with zero attached hydrogens (tertiary/aromatic N) is 1. The molecule has 1 aromatic rings. The molecule has 3 heteroatoms. The van der Waals surface area contributed by atoms with Crippen LogP contribution in [0.4, 0.5) is 0 Å². The largest absolute Gasteiger partial charge is 0.366 e. The van der Waals surface area contributed by atoms with Gasteiger partial charge in [0.15, 0.2) is 0 Å². The summed E-state index contributed by atoms with van der Waals surface area (Å²) in [7, 11) is 0. The molecule has 1 aromatic heterocycles. The summed E-state index contributed by atoms with van der Waals surface area (Å²) in [5.41, 5.74) is 6.12. The third-order valence-corrected chi connectivity index (χ3v) is 1.07. The maximum Gasteiger partial charge on any atom is 0.250 e. The van der Waals surface area contributed by atoms with E-state index in [0.717, 1.165) is 5.56 Å². The van der Waals surface area contributed by atoms with Gasteiger partial charge in [-0.15, -0.1) is 0 Å². The van der Waals surface area contributed by atoms with Crippen molar-refractivity contribution in [2.45, 2.75) is 6.92 Å². The second-order valence-corrected chi connectivity index (χ2v) is 1.99. The van der Waals surface area contributed by atoms with Gasteiger partial charge in [-0.1, -0.05) is 0 Å². The summed E-state index contributed by atoms with van der Waals surface area (Å²) < 4.78 is 0. The zero-order valence-corrected chi connectivity index (χ0v) is 5.59. The second kappa shape index (κ2) is 2.47. The highest BCUT2D eigenvalue weighted by molar-refractivity contribution is 5.92. The van der Waals surface area contributed by atoms with Gasteiger partial charge in [0.1, 0.15) is 0 Å². The van der Waals surface area contributed by atoms with Crippen LogP contribution in [-0.4, -0.2) is 10.9 Å². The molecule has 0 bridgehead atoms. The Bertz CT molecular complexity index is 258. The maximum absolute atomic E-state index is 10.5. The number of amides is 1. The Morgan fingerprint density at radius 3 is 2.80 bits per heavy atom. The molecule has 0 saturated heterocycles. The van der Waals surface area contributed by atoms with Crippen LogP contribution >= 0.6 is 0 Å². The average molecular weight is 135 g/mol. The highest BCUT2D eigenvalue weighted by Crippen LogP contribution is 1.97. The molecule has 10 heavy (non-hydrogen) atoms. The fraction of sp³-hybridized carbons (Fsp3) is 0.143. The molecule has 0 aliphatic heterocycles. The van der Waals surface area contributed by atoms with E-state index in [1.165, 1.54) is 6.20 Å². The van der Waals surface area contributed by atoms with E-state index in [0.29, 0.717) is 5.56 Å². The highest BCUT2D eigenvalue weighted by atomic mass is 16.1. The van der Waals surface area contributed by atoms with E-state index in [2.05, 4.69) is 11.1 Å². The van der Waals surface area contributed by atoms with Gasteiger partial charge in [0.2, 0.25) is 0 Å². The molecule has 1 rings (SSSR count). The lowest BCUT2D eigenvalue weighted by Crippen LogP contribution is -2.11. The van der Waals surface area contributed by atoms with Crippen molar-refractivity contribution in [1.82, 2.24) is 4.98 Å². The lowest BCUT2D eigenvalue weighted by molar-refractivity contribution is 0.0999. The molecule has 0 aromatic carbocycles. The van der Waals surface area contributed by atoms with Crippen molar-refractivity contribution >= 4 is 5.91 Å². The molecule has 0 atom stereocenters. The van der Waals surface area contributed by atoms with Gasteiger partial charge in [-0.25, -0.2) is 0 Å². The minimum absolute atomic E-state index is 0.333. The van der Waals surface area contributed by atoms with E-state index in [1.807, 2.05) is 0 Å². The SMILES string of the molecule is Cc1[c]c(C(N)=O)cnc1. The molecule has 0 unspecified atom stereocenters. The first-order valence-corrected chi connectivity index (χ1v) is 2.84. The Hall–Kier alpha value is -1.38. The van der Waals surface area contributed by atoms with Crippen molar-refractivity contribution in [3.8, 4) is 0 Å². The molecule has 0 aliphatic carbocycles. The van der Waals surface area contributed by atoms with Crippen molar-refractivity contribution in [3.63, 3.8) is 0 Å². The fourth-order valence-corrected chi connectivity index (χ4v) is 0.626. The van der Waals surface area contributed by atoms with Crippen LogP contribution in [0, 0.1) is 13.0 Å². The van der Waals surface area contributed by atoms with E-state index in [4.69, 9.17) is 5.73 Å². The normalized spacial score (nSPS) is 9.30. The van der Waals surface area contributed by atoms with Gasteiger partial charge in [0.25, 0.3) is 5.91 Å². The fourth-order valence-electron chi connectivity index (χ4n) is 0.626. The number of carbonyl (C=O) groups is 1. The number of carbonyl (C=O) groups excluding carboxylic acids is 1. The molecule has 0 saturated carbocycles. The third-order valence-electron chi connectivity index (χ3n) is 1.07. The quantitative estimate of drug-likeness (QED) is 0.601. The predicted octanol–water partition coefficient (Wildman–Crippen LogP) is 0.289. The monoisotopic (exact) mass is 135 g/mol. The Morgan fingerprint density at radius 1 is 1.70 bits per heavy atom. The highest BCUT2D eigenvalue weighted by Gasteiger charge is 1.98. The number of hydrogen-bond acceptors (Lipinski definition) is 2. The van der Waals surface area contributed by atoms with Crippen molar-refractivity contribution in [1.29, 1.82) is 0 Å². The standard InChI is InChI=1S/C7H7N2O/c1-5-2-6(7(8)10)4-9-3-5/h3-4H,1H3,(H2,8,10). The van der Waals surface area contributed by atoms with Gasteiger partial charge in [-0.05, 0) is 12.5 Å². The molecule has 3 nitrogen and oxygen atoms in total. The molecule has 2 N–H and O–H groups in total. The molecular formula is C7H7N2O. The zero-order chi connectivity index (χ0) is 7.56. The van der Waals surface area contributed by atoms with Crippen molar-refractivity contribution in [2.75, 3.05) is 0 Å². The van der Waals surface area contributed by atoms with Crippen LogP contribution in [0.25, 0.3) is 0 Å². The smallest absolute Gasteiger partial charge is 0.250 e. The maximum atomic E-state index is 10.5. The van der Waals surface area contributed by atoms with Crippen LogP contribution in [0.5, 0.6) is 0 Å². The van der Waals surface area contributed by atoms with Crippen LogP contribution in [0.15, 0.2) is 12.4 Å². The Labute approximate surface area is 58.9 Å². The van der Waals surface area contributed by atoms with E-state index >= 15 is 0 Å². The summed E-state index contributed by atoms with van der Waals surface area (Å²) in [6.07, 6.45) is 3.02. The van der Waals surface area contributed by atoms with Gasteiger partial charge < -0.3 is 5.73 Å². The van der Waals surface area contributed by atoms with Crippen LogP contribution in [0.2, 0.25) is 0 Å². The Balaban J connectivity index is 3.07. The Kier molecular flexibility index (Phi) is 1.67. The first-order valence-electron chi connectivity index (χ1n) is 2.84. The van der Waals surface area contributed by atoms with E-state index in [-0.39, 0.29) is 0 Å². The summed E-state index contributed by atoms with van der Waals surface area (Å²) in [5.74, 6) is -0.490. The summed E-state index contributed by atoms with van der Waals surface area (Å²) in [5, 5.41) is 0. The van der Waals surface area contributed by atoms with Crippen LogP contribution in [0.1, 0.15) is 15.9 Å². The van der Waals surface area contributed by atoms with Crippen molar-refractivity contribution in [2.24, 2.45) is 5.73 Å². The Morgan fingerprint density at radius 2 is 2.40 bits per heavy atom. The molecule has 51 valence electrons.